The van der Waals surface area contributed by atoms with Gasteiger partial charge in [0.15, 0.2) is 4.34 Å². The maximum absolute atomic E-state index is 12.8. The van der Waals surface area contributed by atoms with Crippen LogP contribution in [0.5, 0.6) is 0 Å². The third-order valence-corrected chi connectivity index (χ3v) is 4.27. The van der Waals surface area contributed by atoms with E-state index >= 15 is 0 Å². The zero-order chi connectivity index (χ0) is 13.7. The number of nitrogens with one attached hydrogen (secondary N) is 1. The number of carbonyl (C=O) groups excluding carboxylic acids is 1. The van der Waals surface area contributed by atoms with E-state index in [4.69, 9.17) is 0 Å². The Bertz CT molecular complexity index is 530. The van der Waals surface area contributed by atoms with Gasteiger partial charge in [0, 0.05) is 0 Å². The number of halogens is 1. The average molecular weight is 297 g/mol. The lowest BCUT2D eigenvalue weighted by molar-refractivity contribution is -0.119. The average Bonchev–Trinajstić information content (AvgIpc) is 2.90. The zero-order valence-electron chi connectivity index (χ0n) is 10.2. The number of hydrogen-bond acceptors (Lipinski definition) is 5. The molecule has 19 heavy (non-hydrogen) atoms. The van der Waals surface area contributed by atoms with Gasteiger partial charge < -0.3 is 5.32 Å². The van der Waals surface area contributed by atoms with Crippen molar-refractivity contribution in [1.82, 2.24) is 15.5 Å². The Morgan fingerprint density at radius 3 is 2.84 bits per heavy atom. The second kappa shape index (κ2) is 6.63. The van der Waals surface area contributed by atoms with Gasteiger partial charge in [-0.05, 0) is 24.6 Å². The molecule has 0 radical (unpaired) electrons. The van der Waals surface area contributed by atoms with E-state index in [0.717, 1.165) is 9.90 Å². The number of hydrogen-bond donors (Lipinski definition) is 1. The number of rotatable bonds is 5. The quantitative estimate of drug-likeness (QED) is 0.862. The van der Waals surface area contributed by atoms with Crippen LogP contribution < -0.4 is 5.32 Å². The molecule has 0 fully saturated rings. The summed E-state index contributed by atoms with van der Waals surface area (Å²) in [6.45, 7) is 1.86. The Morgan fingerprint density at radius 1 is 1.47 bits per heavy atom. The van der Waals surface area contributed by atoms with Gasteiger partial charge in [-0.15, -0.1) is 10.2 Å². The van der Waals surface area contributed by atoms with Crippen LogP contribution in [0, 0.1) is 5.82 Å². The fourth-order valence-corrected chi connectivity index (χ4v) is 2.77. The molecule has 2 rings (SSSR count). The minimum absolute atomic E-state index is 0.0861. The van der Waals surface area contributed by atoms with Crippen molar-refractivity contribution in [2.45, 2.75) is 17.3 Å². The second-order valence-corrected chi connectivity index (χ2v) is 5.89. The maximum atomic E-state index is 12.8. The molecular formula is C12H12FN3OS2. The third kappa shape index (κ3) is 4.29. The second-order valence-electron chi connectivity index (χ2n) is 3.83. The smallest absolute Gasteiger partial charge is 0.230 e. The van der Waals surface area contributed by atoms with E-state index in [9.17, 15) is 9.18 Å². The molecule has 1 amide bonds. The molecule has 1 atom stereocenters. The van der Waals surface area contributed by atoms with Gasteiger partial charge in [-0.2, -0.15) is 0 Å². The molecule has 100 valence electrons. The summed E-state index contributed by atoms with van der Waals surface area (Å²) >= 11 is 2.75. The van der Waals surface area contributed by atoms with Crippen molar-refractivity contribution in [3.05, 3.63) is 41.2 Å². The van der Waals surface area contributed by atoms with Crippen LogP contribution in [-0.4, -0.2) is 21.9 Å². The molecule has 0 aliphatic carbocycles. The Kier molecular flexibility index (Phi) is 4.86. The van der Waals surface area contributed by atoms with Crippen molar-refractivity contribution in [2.75, 3.05) is 5.75 Å². The Balaban J connectivity index is 1.83. The number of nitrogens with zero attached hydrogens (tertiary/aromatic N) is 2. The Labute approximate surface area is 118 Å². The van der Waals surface area contributed by atoms with Gasteiger partial charge >= 0.3 is 0 Å². The van der Waals surface area contributed by atoms with Crippen LogP contribution in [0.2, 0.25) is 0 Å². The number of aromatic nitrogens is 2. The molecular weight excluding hydrogens is 285 g/mol. The first kappa shape index (κ1) is 14.0. The van der Waals surface area contributed by atoms with Crippen molar-refractivity contribution in [3.8, 4) is 0 Å². The lowest BCUT2D eigenvalue weighted by Gasteiger charge is -2.13. The van der Waals surface area contributed by atoms with E-state index in [1.54, 1.807) is 17.6 Å². The minimum atomic E-state index is -0.283. The van der Waals surface area contributed by atoms with E-state index in [0.29, 0.717) is 5.75 Å². The Hall–Kier alpha value is -1.47. The normalized spacial score (nSPS) is 12.1. The van der Waals surface area contributed by atoms with E-state index in [1.165, 1.54) is 35.2 Å². The molecule has 0 bridgehead atoms. The topological polar surface area (TPSA) is 54.9 Å². The third-order valence-electron chi connectivity index (χ3n) is 2.41. The van der Waals surface area contributed by atoms with Gasteiger partial charge in [0.2, 0.25) is 5.91 Å². The van der Waals surface area contributed by atoms with Crippen LogP contribution in [0.4, 0.5) is 4.39 Å². The van der Waals surface area contributed by atoms with Crippen molar-refractivity contribution < 1.29 is 9.18 Å². The molecule has 0 aliphatic rings. The van der Waals surface area contributed by atoms with Gasteiger partial charge in [0.25, 0.3) is 0 Å². The molecule has 2 aromatic rings. The van der Waals surface area contributed by atoms with Crippen LogP contribution in [0.3, 0.4) is 0 Å². The molecule has 0 spiro atoms. The molecule has 1 aromatic carbocycles. The molecule has 0 saturated heterocycles. The van der Waals surface area contributed by atoms with Gasteiger partial charge in [0.1, 0.15) is 11.3 Å². The van der Waals surface area contributed by atoms with Crippen LogP contribution >= 0.6 is 23.1 Å². The summed E-state index contributed by atoms with van der Waals surface area (Å²) in [5.41, 5.74) is 2.50. The lowest BCUT2D eigenvalue weighted by atomic mass is 10.1. The SMILES string of the molecule is C[C@@H](NC(=O)CSc1nncs1)c1ccc(F)cc1. The Morgan fingerprint density at radius 2 is 2.21 bits per heavy atom. The highest BCUT2D eigenvalue weighted by Gasteiger charge is 2.10. The van der Waals surface area contributed by atoms with Crippen LogP contribution in [-0.2, 0) is 4.79 Å². The van der Waals surface area contributed by atoms with Crippen molar-refractivity contribution in [1.29, 1.82) is 0 Å². The number of carbonyl (C=O) groups is 1. The summed E-state index contributed by atoms with van der Waals surface area (Å²) in [5.74, 6) is -0.0769. The highest BCUT2D eigenvalue weighted by atomic mass is 32.2. The molecule has 0 unspecified atom stereocenters. The maximum Gasteiger partial charge on any atom is 0.230 e. The van der Waals surface area contributed by atoms with Gasteiger partial charge in [-0.3, -0.25) is 4.79 Å². The summed E-state index contributed by atoms with van der Waals surface area (Å²) < 4.78 is 13.6. The summed E-state index contributed by atoms with van der Waals surface area (Å²) in [6, 6.07) is 5.95. The zero-order valence-corrected chi connectivity index (χ0v) is 11.8. The predicted molar refractivity (Wildman–Crippen MR) is 73.6 cm³/mol. The summed E-state index contributed by atoms with van der Waals surface area (Å²) in [6.07, 6.45) is 0. The van der Waals surface area contributed by atoms with Crippen molar-refractivity contribution >= 4 is 29.0 Å². The molecule has 0 aliphatic heterocycles. The monoisotopic (exact) mass is 297 g/mol. The van der Waals surface area contributed by atoms with E-state index in [-0.39, 0.29) is 17.8 Å². The summed E-state index contributed by atoms with van der Waals surface area (Å²) in [5, 5.41) is 10.4. The first-order chi connectivity index (χ1) is 9.15. The van der Waals surface area contributed by atoms with E-state index in [1.807, 2.05) is 6.92 Å². The van der Waals surface area contributed by atoms with Crippen LogP contribution in [0.25, 0.3) is 0 Å². The largest absolute Gasteiger partial charge is 0.349 e. The van der Waals surface area contributed by atoms with Gasteiger partial charge in [-0.1, -0.05) is 35.2 Å². The number of thioether (sulfide) groups is 1. The fourth-order valence-electron chi connectivity index (χ4n) is 1.47. The first-order valence-corrected chi connectivity index (χ1v) is 7.45. The highest BCUT2D eigenvalue weighted by Crippen LogP contribution is 2.19. The molecule has 1 N–H and O–H groups in total. The molecule has 4 nitrogen and oxygen atoms in total. The predicted octanol–water partition coefficient (Wildman–Crippen LogP) is 2.65. The van der Waals surface area contributed by atoms with Crippen molar-refractivity contribution in [3.63, 3.8) is 0 Å². The van der Waals surface area contributed by atoms with Crippen molar-refractivity contribution in [2.24, 2.45) is 0 Å². The lowest BCUT2D eigenvalue weighted by Crippen LogP contribution is -2.28. The van der Waals surface area contributed by atoms with Gasteiger partial charge in [-0.25, -0.2) is 4.39 Å². The molecule has 7 heteroatoms. The summed E-state index contributed by atoms with van der Waals surface area (Å²) in [7, 11) is 0. The number of benzene rings is 1. The van der Waals surface area contributed by atoms with Gasteiger partial charge in [0.05, 0.1) is 11.8 Å². The van der Waals surface area contributed by atoms with Crippen LogP contribution in [0.15, 0.2) is 34.1 Å². The minimum Gasteiger partial charge on any atom is -0.349 e. The molecule has 0 saturated carbocycles. The van der Waals surface area contributed by atoms with Crippen LogP contribution in [0.1, 0.15) is 18.5 Å². The number of amides is 1. The first-order valence-electron chi connectivity index (χ1n) is 5.59. The van der Waals surface area contributed by atoms with E-state index in [2.05, 4.69) is 15.5 Å². The standard InChI is InChI=1S/C12H12FN3OS2/c1-8(9-2-4-10(13)5-3-9)15-11(17)6-18-12-16-14-7-19-12/h2-5,7-8H,6H2,1H3,(H,15,17)/t8-/m1/s1. The molecule has 1 heterocycles. The van der Waals surface area contributed by atoms with E-state index < -0.39 is 0 Å². The summed E-state index contributed by atoms with van der Waals surface area (Å²) in [4.78, 5) is 11.7. The fraction of sp³-hybridized carbons (Fsp3) is 0.250. The highest BCUT2D eigenvalue weighted by molar-refractivity contribution is 8.01. The molecule has 1 aromatic heterocycles.